The molecule has 2 heterocycles. The molecule has 5 heteroatoms. The lowest BCUT2D eigenvalue weighted by atomic mass is 9.96. The average Bonchev–Trinajstić information content (AvgIpc) is 2.39. The highest BCUT2D eigenvalue weighted by Crippen LogP contribution is 2.29. The molecule has 0 aliphatic carbocycles. The standard InChI is InChI=1S/C13H18Cl2N2O/c1-9-3-4-17(8-12(9)18-2)13-11(15)5-10(6-14)7-16-13/h5,7,9,12H,3-4,6,8H2,1-2H3. The maximum Gasteiger partial charge on any atom is 0.147 e. The lowest BCUT2D eigenvalue weighted by Crippen LogP contribution is -2.44. The summed E-state index contributed by atoms with van der Waals surface area (Å²) < 4.78 is 5.51. The molecule has 2 rings (SSSR count). The van der Waals surface area contributed by atoms with E-state index in [-0.39, 0.29) is 6.10 Å². The summed E-state index contributed by atoms with van der Waals surface area (Å²) in [5, 5.41) is 0.664. The Balaban J connectivity index is 2.16. The van der Waals surface area contributed by atoms with Crippen molar-refractivity contribution in [1.29, 1.82) is 0 Å². The third-order valence-corrected chi connectivity index (χ3v) is 4.11. The van der Waals surface area contributed by atoms with Crippen LogP contribution in [-0.4, -0.2) is 31.3 Å². The molecule has 1 fully saturated rings. The van der Waals surface area contributed by atoms with Gasteiger partial charge in [0.25, 0.3) is 0 Å². The summed E-state index contributed by atoms with van der Waals surface area (Å²) in [4.78, 5) is 6.61. The van der Waals surface area contributed by atoms with E-state index in [9.17, 15) is 0 Å². The fourth-order valence-corrected chi connectivity index (χ4v) is 2.76. The molecule has 0 aromatic carbocycles. The second kappa shape index (κ2) is 6.09. The van der Waals surface area contributed by atoms with E-state index in [2.05, 4.69) is 16.8 Å². The highest BCUT2D eigenvalue weighted by atomic mass is 35.5. The predicted molar refractivity (Wildman–Crippen MR) is 75.6 cm³/mol. The van der Waals surface area contributed by atoms with E-state index in [1.165, 1.54) is 0 Å². The van der Waals surface area contributed by atoms with Crippen molar-refractivity contribution in [3.63, 3.8) is 0 Å². The minimum Gasteiger partial charge on any atom is -0.379 e. The largest absolute Gasteiger partial charge is 0.379 e. The van der Waals surface area contributed by atoms with Crippen molar-refractivity contribution in [2.75, 3.05) is 25.1 Å². The van der Waals surface area contributed by atoms with Crippen LogP contribution in [0.2, 0.25) is 5.02 Å². The molecule has 1 aromatic heterocycles. The van der Waals surface area contributed by atoms with Crippen LogP contribution in [0, 0.1) is 5.92 Å². The van der Waals surface area contributed by atoms with Gasteiger partial charge in [-0.3, -0.25) is 0 Å². The van der Waals surface area contributed by atoms with E-state index >= 15 is 0 Å². The van der Waals surface area contributed by atoms with Gasteiger partial charge in [-0.05, 0) is 24.0 Å². The number of halogens is 2. The van der Waals surface area contributed by atoms with Crippen LogP contribution in [0.15, 0.2) is 12.3 Å². The fraction of sp³-hybridized carbons (Fsp3) is 0.615. The van der Waals surface area contributed by atoms with Crippen molar-refractivity contribution in [2.45, 2.75) is 25.3 Å². The molecule has 0 saturated carbocycles. The summed E-state index contributed by atoms with van der Waals surface area (Å²) in [7, 11) is 1.76. The summed E-state index contributed by atoms with van der Waals surface area (Å²) in [5.41, 5.74) is 0.944. The molecular weight excluding hydrogens is 271 g/mol. The first kappa shape index (κ1) is 13.9. The van der Waals surface area contributed by atoms with Crippen LogP contribution in [0.3, 0.4) is 0 Å². The van der Waals surface area contributed by atoms with Gasteiger partial charge in [-0.25, -0.2) is 4.98 Å². The summed E-state index contributed by atoms with van der Waals surface area (Å²) >= 11 is 12.0. The van der Waals surface area contributed by atoms with Crippen LogP contribution in [-0.2, 0) is 10.6 Å². The Morgan fingerprint density at radius 2 is 2.33 bits per heavy atom. The third-order valence-electron chi connectivity index (χ3n) is 3.52. The van der Waals surface area contributed by atoms with Crippen LogP contribution in [0.1, 0.15) is 18.9 Å². The molecule has 0 spiro atoms. The Kier molecular flexibility index (Phi) is 4.71. The molecule has 18 heavy (non-hydrogen) atoms. The number of alkyl halides is 1. The Morgan fingerprint density at radius 3 is 2.94 bits per heavy atom. The quantitative estimate of drug-likeness (QED) is 0.798. The lowest BCUT2D eigenvalue weighted by molar-refractivity contribution is 0.0496. The second-order valence-corrected chi connectivity index (χ2v) is 5.44. The number of pyridine rings is 1. The molecule has 0 bridgehead atoms. The van der Waals surface area contributed by atoms with Crippen molar-refractivity contribution in [1.82, 2.24) is 4.98 Å². The van der Waals surface area contributed by atoms with Gasteiger partial charge in [0, 0.05) is 32.3 Å². The molecule has 3 nitrogen and oxygen atoms in total. The van der Waals surface area contributed by atoms with E-state index in [4.69, 9.17) is 27.9 Å². The number of methoxy groups -OCH3 is 1. The zero-order valence-corrected chi connectivity index (χ0v) is 12.2. The Morgan fingerprint density at radius 1 is 1.56 bits per heavy atom. The van der Waals surface area contributed by atoms with Gasteiger partial charge in [-0.2, -0.15) is 0 Å². The number of hydrogen-bond acceptors (Lipinski definition) is 3. The average molecular weight is 289 g/mol. The molecule has 2 atom stereocenters. The van der Waals surface area contributed by atoms with Gasteiger partial charge in [-0.1, -0.05) is 18.5 Å². The van der Waals surface area contributed by atoms with Gasteiger partial charge in [0.2, 0.25) is 0 Å². The van der Waals surface area contributed by atoms with Crippen LogP contribution in [0.4, 0.5) is 5.82 Å². The molecule has 1 saturated heterocycles. The Hall–Kier alpha value is -0.510. The molecule has 100 valence electrons. The van der Waals surface area contributed by atoms with Gasteiger partial charge in [0.15, 0.2) is 0 Å². The summed E-state index contributed by atoms with van der Waals surface area (Å²) in [6.45, 7) is 4.02. The molecule has 1 aliphatic heterocycles. The Labute approximate surface area is 118 Å². The molecule has 1 aliphatic rings. The molecular formula is C13H18Cl2N2O. The van der Waals surface area contributed by atoms with Crippen molar-refractivity contribution in [2.24, 2.45) is 5.92 Å². The Bertz CT molecular complexity index is 414. The van der Waals surface area contributed by atoms with E-state index in [1.807, 2.05) is 6.07 Å². The number of nitrogens with zero attached hydrogens (tertiary/aromatic N) is 2. The minimum atomic E-state index is 0.240. The molecule has 0 amide bonds. The van der Waals surface area contributed by atoms with Gasteiger partial charge in [0.1, 0.15) is 5.82 Å². The number of aromatic nitrogens is 1. The zero-order valence-electron chi connectivity index (χ0n) is 10.7. The number of rotatable bonds is 3. The van der Waals surface area contributed by atoms with E-state index in [0.29, 0.717) is 16.8 Å². The first-order valence-corrected chi connectivity index (χ1v) is 7.05. The highest BCUT2D eigenvalue weighted by molar-refractivity contribution is 6.33. The summed E-state index contributed by atoms with van der Waals surface area (Å²) in [6.07, 6.45) is 3.12. The second-order valence-electron chi connectivity index (χ2n) is 4.77. The number of piperidine rings is 1. The van der Waals surface area contributed by atoms with Crippen LogP contribution < -0.4 is 4.90 Å². The first-order valence-electron chi connectivity index (χ1n) is 6.13. The number of anilines is 1. The maximum absolute atomic E-state index is 6.27. The van der Waals surface area contributed by atoms with Gasteiger partial charge in [0.05, 0.1) is 11.1 Å². The molecule has 1 aromatic rings. The van der Waals surface area contributed by atoms with Crippen molar-refractivity contribution >= 4 is 29.0 Å². The molecule has 0 radical (unpaired) electrons. The minimum absolute atomic E-state index is 0.240. The SMILES string of the molecule is COC1CN(c2ncc(CCl)cc2Cl)CCC1C. The van der Waals surface area contributed by atoms with Crippen molar-refractivity contribution < 1.29 is 4.74 Å². The predicted octanol–water partition coefficient (Wildman–Crippen LogP) is 3.34. The van der Waals surface area contributed by atoms with Crippen LogP contribution >= 0.6 is 23.2 Å². The van der Waals surface area contributed by atoms with E-state index < -0.39 is 0 Å². The molecule has 2 unspecified atom stereocenters. The monoisotopic (exact) mass is 288 g/mol. The smallest absolute Gasteiger partial charge is 0.147 e. The van der Waals surface area contributed by atoms with Gasteiger partial charge >= 0.3 is 0 Å². The maximum atomic E-state index is 6.27. The number of ether oxygens (including phenoxy) is 1. The van der Waals surface area contributed by atoms with Crippen molar-refractivity contribution in [3.05, 3.63) is 22.8 Å². The fourth-order valence-electron chi connectivity index (χ4n) is 2.31. The summed E-state index contributed by atoms with van der Waals surface area (Å²) in [6, 6.07) is 1.89. The topological polar surface area (TPSA) is 25.4 Å². The van der Waals surface area contributed by atoms with Gasteiger partial charge in [-0.15, -0.1) is 11.6 Å². The van der Waals surface area contributed by atoms with Crippen molar-refractivity contribution in [3.8, 4) is 0 Å². The molecule has 0 N–H and O–H groups in total. The van der Waals surface area contributed by atoms with Crippen LogP contribution in [0.5, 0.6) is 0 Å². The highest BCUT2D eigenvalue weighted by Gasteiger charge is 2.27. The lowest BCUT2D eigenvalue weighted by Gasteiger charge is -2.37. The van der Waals surface area contributed by atoms with Crippen LogP contribution in [0.25, 0.3) is 0 Å². The summed E-state index contributed by atoms with van der Waals surface area (Å²) in [5.74, 6) is 1.84. The van der Waals surface area contributed by atoms with Gasteiger partial charge < -0.3 is 9.64 Å². The van der Waals surface area contributed by atoms with E-state index in [0.717, 1.165) is 30.9 Å². The van der Waals surface area contributed by atoms with E-state index in [1.54, 1.807) is 13.3 Å². The first-order chi connectivity index (χ1) is 8.65. The third kappa shape index (κ3) is 2.90. The number of hydrogen-bond donors (Lipinski definition) is 0. The zero-order chi connectivity index (χ0) is 13.1. The normalized spacial score (nSPS) is 24.3.